The summed E-state index contributed by atoms with van der Waals surface area (Å²) in [5.74, 6) is -1.31. The van der Waals surface area contributed by atoms with E-state index in [1.165, 1.54) is 0 Å². The summed E-state index contributed by atoms with van der Waals surface area (Å²) in [5, 5.41) is 9.56. The number of carboxylic acid groups (broad SMARTS) is 1. The smallest absolute Gasteiger partial charge is 0.425 e. The molecule has 0 aliphatic heterocycles. The summed E-state index contributed by atoms with van der Waals surface area (Å²) in [5.41, 5.74) is 5.15. The van der Waals surface area contributed by atoms with Crippen LogP contribution in [0.3, 0.4) is 0 Å². The van der Waals surface area contributed by atoms with E-state index in [2.05, 4.69) is 0 Å². The molecule has 0 saturated heterocycles. The van der Waals surface area contributed by atoms with Crippen LogP contribution in [-0.2, 0) is 16.0 Å². The maximum Gasteiger partial charge on any atom is 0.425 e. The van der Waals surface area contributed by atoms with E-state index in [-0.39, 0.29) is 18.9 Å². The van der Waals surface area contributed by atoms with E-state index in [0.717, 1.165) is 27.8 Å². The van der Waals surface area contributed by atoms with Crippen molar-refractivity contribution in [3.05, 3.63) is 95.6 Å². The van der Waals surface area contributed by atoms with Crippen molar-refractivity contribution in [2.24, 2.45) is 0 Å². The average Bonchev–Trinajstić information content (AvgIpc) is 3.09. The van der Waals surface area contributed by atoms with Gasteiger partial charge in [-0.15, -0.1) is 0 Å². The minimum atomic E-state index is -1.23. The van der Waals surface area contributed by atoms with Gasteiger partial charge in [0.2, 0.25) is 0 Å². The van der Waals surface area contributed by atoms with Crippen LogP contribution < -0.4 is 0 Å². The number of halogens is 1. The van der Waals surface area contributed by atoms with E-state index in [4.69, 9.17) is 16.5 Å². The van der Waals surface area contributed by atoms with Gasteiger partial charge in [0, 0.05) is 24.1 Å². The molecule has 1 aliphatic rings. The van der Waals surface area contributed by atoms with Crippen molar-refractivity contribution < 1.29 is 19.4 Å². The number of aliphatic carboxylic acids is 1. The van der Waals surface area contributed by atoms with Crippen LogP contribution >= 0.6 is 11.8 Å². The molecule has 3 aromatic rings. The van der Waals surface area contributed by atoms with Crippen LogP contribution in [0.25, 0.3) is 11.1 Å². The lowest BCUT2D eigenvalue weighted by molar-refractivity contribution is -0.141. The predicted molar refractivity (Wildman–Crippen MR) is 114 cm³/mol. The normalized spacial score (nSPS) is 13.2. The minimum Gasteiger partial charge on any atom is -0.480 e. The van der Waals surface area contributed by atoms with Gasteiger partial charge in [0.15, 0.2) is 6.04 Å². The quantitative estimate of drug-likeness (QED) is 0.563. The van der Waals surface area contributed by atoms with E-state index in [9.17, 15) is 14.7 Å². The first kappa shape index (κ1) is 20.0. The molecule has 1 aliphatic carbocycles. The summed E-state index contributed by atoms with van der Waals surface area (Å²) >= 11 is 6.11. The lowest BCUT2D eigenvalue weighted by Crippen LogP contribution is -2.41. The molecule has 6 heteroatoms. The van der Waals surface area contributed by atoms with Crippen LogP contribution in [0.15, 0.2) is 78.9 Å². The Bertz CT molecular complexity index is 1020. The summed E-state index contributed by atoms with van der Waals surface area (Å²) in [6.07, 6.45) is -0.786. The third-order valence-corrected chi connectivity index (χ3v) is 5.71. The topological polar surface area (TPSA) is 66.8 Å². The first-order chi connectivity index (χ1) is 14.6. The van der Waals surface area contributed by atoms with Crippen LogP contribution in [0, 0.1) is 0 Å². The Morgan fingerprint density at radius 3 is 2.00 bits per heavy atom. The second-order valence-corrected chi connectivity index (χ2v) is 7.52. The Balaban J connectivity index is 1.48. The van der Waals surface area contributed by atoms with Gasteiger partial charge >= 0.3 is 12.1 Å². The van der Waals surface area contributed by atoms with Gasteiger partial charge in [-0.2, -0.15) is 0 Å². The van der Waals surface area contributed by atoms with Crippen LogP contribution in [0.1, 0.15) is 22.6 Å². The third-order valence-electron chi connectivity index (χ3n) is 5.34. The minimum absolute atomic E-state index is 0.0771. The molecule has 1 atom stereocenters. The second kappa shape index (κ2) is 8.59. The highest BCUT2D eigenvalue weighted by molar-refractivity contribution is 6.21. The molecule has 1 amide bonds. The molecule has 0 saturated carbocycles. The molecule has 0 radical (unpaired) electrons. The lowest BCUT2D eigenvalue weighted by atomic mass is 9.98. The lowest BCUT2D eigenvalue weighted by Gasteiger charge is -2.22. The van der Waals surface area contributed by atoms with E-state index >= 15 is 0 Å². The summed E-state index contributed by atoms with van der Waals surface area (Å²) in [6.45, 7) is 0.0771. The maximum absolute atomic E-state index is 12.6. The zero-order valence-electron chi connectivity index (χ0n) is 16.1. The Hall–Kier alpha value is -3.31. The van der Waals surface area contributed by atoms with Gasteiger partial charge < -0.3 is 9.84 Å². The van der Waals surface area contributed by atoms with Gasteiger partial charge in [-0.05, 0) is 27.8 Å². The van der Waals surface area contributed by atoms with Crippen LogP contribution in [0.5, 0.6) is 0 Å². The molecule has 0 bridgehead atoms. The number of hydrogen-bond acceptors (Lipinski definition) is 3. The van der Waals surface area contributed by atoms with Crippen LogP contribution in [0.2, 0.25) is 0 Å². The van der Waals surface area contributed by atoms with E-state index in [0.29, 0.717) is 4.42 Å². The molecule has 3 aromatic carbocycles. The molecule has 4 rings (SSSR count). The largest absolute Gasteiger partial charge is 0.480 e. The molecular weight excluding hydrogens is 402 g/mol. The Morgan fingerprint density at radius 1 is 0.900 bits per heavy atom. The highest BCUT2D eigenvalue weighted by atomic mass is 35.5. The molecule has 152 valence electrons. The number of nitrogens with zero attached hydrogens (tertiary/aromatic N) is 1. The van der Waals surface area contributed by atoms with Crippen LogP contribution in [-0.4, -0.2) is 34.2 Å². The summed E-state index contributed by atoms with van der Waals surface area (Å²) in [6, 6.07) is 23.8. The van der Waals surface area contributed by atoms with Gasteiger partial charge in [-0.25, -0.2) is 14.0 Å². The highest BCUT2D eigenvalue weighted by Gasteiger charge is 2.33. The number of benzene rings is 3. The molecular formula is C24H20ClNO4. The fourth-order valence-corrected chi connectivity index (χ4v) is 4.09. The average molecular weight is 422 g/mol. The zero-order chi connectivity index (χ0) is 21.1. The van der Waals surface area contributed by atoms with Crippen molar-refractivity contribution >= 4 is 23.8 Å². The van der Waals surface area contributed by atoms with Crippen molar-refractivity contribution in [1.29, 1.82) is 0 Å². The van der Waals surface area contributed by atoms with Crippen LogP contribution in [0.4, 0.5) is 4.79 Å². The Kier molecular flexibility index (Phi) is 5.72. The summed E-state index contributed by atoms with van der Waals surface area (Å²) < 4.78 is 6.10. The molecule has 0 spiro atoms. The van der Waals surface area contributed by atoms with E-state index < -0.39 is 18.1 Å². The number of fused-ring (bicyclic) bond motifs is 3. The molecule has 0 heterocycles. The summed E-state index contributed by atoms with van der Waals surface area (Å²) in [7, 11) is 0. The number of carbonyl (C=O) groups is 2. The summed E-state index contributed by atoms with van der Waals surface area (Å²) in [4.78, 5) is 24.3. The predicted octanol–water partition coefficient (Wildman–Crippen LogP) is 5.09. The number of carboxylic acids is 1. The number of hydrogen-bond donors (Lipinski definition) is 1. The van der Waals surface area contributed by atoms with E-state index in [1.54, 1.807) is 24.3 Å². The monoisotopic (exact) mass is 421 g/mol. The first-order valence-electron chi connectivity index (χ1n) is 9.63. The number of amides is 1. The highest BCUT2D eigenvalue weighted by Crippen LogP contribution is 2.44. The molecule has 0 unspecified atom stereocenters. The molecule has 1 N–H and O–H groups in total. The Morgan fingerprint density at radius 2 is 1.43 bits per heavy atom. The van der Waals surface area contributed by atoms with Gasteiger partial charge in [0.25, 0.3) is 0 Å². The second-order valence-electron chi connectivity index (χ2n) is 7.16. The number of carbonyl (C=O) groups excluding carboxylic acids is 1. The van der Waals surface area contributed by atoms with E-state index in [1.807, 2.05) is 54.6 Å². The Labute approximate surface area is 179 Å². The molecule has 30 heavy (non-hydrogen) atoms. The third kappa shape index (κ3) is 3.89. The SMILES string of the molecule is O=C(O)[C@@H](Cc1ccccc1)N(Cl)C(=O)OCC1c2ccccc2-c2ccccc21. The van der Waals surface area contributed by atoms with Gasteiger partial charge in [0.05, 0.1) is 0 Å². The molecule has 0 fully saturated rings. The van der Waals surface area contributed by atoms with Gasteiger partial charge in [-0.3, -0.25) is 0 Å². The van der Waals surface area contributed by atoms with Crippen molar-refractivity contribution in [2.45, 2.75) is 18.4 Å². The zero-order valence-corrected chi connectivity index (χ0v) is 16.8. The van der Waals surface area contributed by atoms with Gasteiger partial charge in [-0.1, -0.05) is 78.9 Å². The fourth-order valence-electron chi connectivity index (χ4n) is 3.88. The first-order valence-corrected chi connectivity index (χ1v) is 9.97. The van der Waals surface area contributed by atoms with Crippen molar-refractivity contribution in [2.75, 3.05) is 6.61 Å². The standard InChI is InChI=1S/C24H20ClNO4/c25-26(22(23(27)28)14-16-8-2-1-3-9-16)24(29)30-15-21-19-12-6-4-10-17(19)18-11-5-7-13-20(18)21/h1-13,21-22H,14-15H2,(H,27,28)/t22-/m1/s1. The fraction of sp³-hybridized carbons (Fsp3) is 0.167. The molecule has 5 nitrogen and oxygen atoms in total. The van der Waals surface area contributed by atoms with Gasteiger partial charge in [0.1, 0.15) is 6.61 Å². The molecule has 0 aromatic heterocycles. The maximum atomic E-state index is 12.6. The van der Waals surface area contributed by atoms with Crippen molar-refractivity contribution in [3.63, 3.8) is 0 Å². The number of ether oxygens (including phenoxy) is 1. The van der Waals surface area contributed by atoms with Crippen molar-refractivity contribution in [3.8, 4) is 11.1 Å². The van der Waals surface area contributed by atoms with Crippen molar-refractivity contribution in [1.82, 2.24) is 4.42 Å². The number of rotatable bonds is 6.